The molecule has 224 valence electrons. The minimum absolute atomic E-state index is 0.0740. The Morgan fingerprint density at radius 2 is 1.67 bits per heavy atom. The van der Waals surface area contributed by atoms with Gasteiger partial charge in [-0.2, -0.15) is 4.31 Å². The first-order valence-electron chi connectivity index (χ1n) is 14.4. The predicted molar refractivity (Wildman–Crippen MR) is 166 cm³/mol. The lowest BCUT2D eigenvalue weighted by molar-refractivity contribution is 0.0697. The highest BCUT2D eigenvalue weighted by atomic mass is 32.2. The molecule has 0 bridgehead atoms. The molecule has 6 rings (SSSR count). The number of nitrogens with zero attached hydrogens (tertiary/aromatic N) is 2. The topological polar surface area (TPSA) is 87.2 Å². The number of carboxylic acids is 1. The molecule has 0 unspecified atom stereocenters. The van der Waals surface area contributed by atoms with E-state index in [0.717, 1.165) is 60.8 Å². The molecule has 2 heterocycles. The molecule has 0 radical (unpaired) electrons. The third-order valence-corrected chi connectivity index (χ3v) is 11.5. The number of fused-ring (bicyclic) bond motifs is 1. The first-order chi connectivity index (χ1) is 20.7. The molecule has 1 aromatic heterocycles. The quantitative estimate of drug-likeness (QED) is 0.230. The number of ether oxygens (including phenoxy) is 1. The fourth-order valence-corrected chi connectivity index (χ4v) is 8.71. The molecule has 0 amide bonds. The maximum Gasteiger partial charge on any atom is 0.348 e. The number of rotatable bonds is 7. The zero-order valence-electron chi connectivity index (χ0n) is 23.8. The number of carbonyl (C=O) groups is 1. The summed E-state index contributed by atoms with van der Waals surface area (Å²) in [6.45, 7) is 0.653. The van der Waals surface area contributed by atoms with Crippen molar-refractivity contribution < 1.29 is 27.4 Å². The van der Waals surface area contributed by atoms with Crippen LogP contribution in [0.15, 0.2) is 83.8 Å². The molecule has 1 N–H and O–H groups in total. The van der Waals surface area contributed by atoms with Crippen LogP contribution in [0.5, 0.6) is 5.75 Å². The van der Waals surface area contributed by atoms with Gasteiger partial charge in [-0.15, -0.1) is 11.3 Å². The van der Waals surface area contributed by atoms with Gasteiger partial charge in [-0.3, -0.25) is 0 Å². The second kappa shape index (κ2) is 12.1. The van der Waals surface area contributed by atoms with Gasteiger partial charge in [-0.05, 0) is 48.6 Å². The van der Waals surface area contributed by atoms with Crippen molar-refractivity contribution in [1.82, 2.24) is 4.31 Å². The highest BCUT2D eigenvalue weighted by molar-refractivity contribution is 7.89. The minimum Gasteiger partial charge on any atom is -0.488 e. The first-order valence-corrected chi connectivity index (χ1v) is 16.7. The van der Waals surface area contributed by atoms with Gasteiger partial charge in [-0.1, -0.05) is 67.8 Å². The summed E-state index contributed by atoms with van der Waals surface area (Å²) >= 11 is 0.757. The Balaban J connectivity index is 1.55. The Morgan fingerprint density at radius 3 is 2.33 bits per heavy atom. The van der Waals surface area contributed by atoms with Crippen LogP contribution < -0.4 is 9.64 Å². The van der Waals surface area contributed by atoms with Gasteiger partial charge < -0.3 is 14.7 Å². The number of halogens is 1. The van der Waals surface area contributed by atoms with Crippen molar-refractivity contribution in [2.45, 2.75) is 49.6 Å². The van der Waals surface area contributed by atoms with E-state index in [2.05, 4.69) is 0 Å². The normalized spacial score (nSPS) is 19.0. The Bertz CT molecular complexity index is 1720. The molecule has 10 heteroatoms. The van der Waals surface area contributed by atoms with Gasteiger partial charge in [0.2, 0.25) is 10.0 Å². The van der Waals surface area contributed by atoms with Crippen molar-refractivity contribution in [1.29, 1.82) is 0 Å². The zero-order valence-corrected chi connectivity index (χ0v) is 25.4. The molecular formula is C33H33FN2O5S2. The number of likely N-dealkylation sites (N-methyl/N-ethyl adjacent to an activating group) is 1. The maximum atomic E-state index is 14.7. The number of carboxylic acid groups (broad SMARTS) is 1. The Kier molecular flexibility index (Phi) is 8.26. The highest BCUT2D eigenvalue weighted by Gasteiger charge is 2.41. The SMILES string of the molecule is CN1[C@H](C2CCCCC2)CN(c2ccccc2)c2cc(OCc3ccccc3)c(-c3cc(F)c(C(=O)O)s3)cc2S1(=O)=O. The number of thiophene rings is 1. The summed E-state index contributed by atoms with van der Waals surface area (Å²) < 4.78 is 51.4. The largest absolute Gasteiger partial charge is 0.488 e. The molecule has 1 aliphatic heterocycles. The Morgan fingerprint density at radius 1 is 1.00 bits per heavy atom. The number of para-hydroxylation sites is 1. The number of hydrogen-bond donors (Lipinski definition) is 1. The van der Waals surface area contributed by atoms with Gasteiger partial charge in [0.15, 0.2) is 0 Å². The molecule has 7 nitrogen and oxygen atoms in total. The van der Waals surface area contributed by atoms with Crippen molar-refractivity contribution in [2.24, 2.45) is 5.92 Å². The molecule has 1 fully saturated rings. The van der Waals surface area contributed by atoms with Crippen LogP contribution in [0.1, 0.15) is 47.3 Å². The lowest BCUT2D eigenvalue weighted by Crippen LogP contribution is -2.46. The molecule has 1 aliphatic carbocycles. The fraction of sp³-hybridized carbons (Fsp3) is 0.303. The van der Waals surface area contributed by atoms with Crippen molar-refractivity contribution in [3.05, 3.63) is 95.1 Å². The van der Waals surface area contributed by atoms with E-state index in [4.69, 9.17) is 4.74 Å². The van der Waals surface area contributed by atoms with Crippen LogP contribution in [0.4, 0.5) is 15.8 Å². The van der Waals surface area contributed by atoms with Crippen LogP contribution in [0.2, 0.25) is 0 Å². The molecule has 43 heavy (non-hydrogen) atoms. The average molecular weight is 621 g/mol. The molecule has 4 aromatic rings. The van der Waals surface area contributed by atoms with E-state index in [-0.39, 0.29) is 28.3 Å². The second-order valence-electron chi connectivity index (χ2n) is 11.1. The number of hydrogen-bond acceptors (Lipinski definition) is 6. The number of benzene rings is 3. The second-order valence-corrected chi connectivity index (χ2v) is 14.1. The third-order valence-electron chi connectivity index (χ3n) is 8.49. The van der Waals surface area contributed by atoms with Gasteiger partial charge in [-0.25, -0.2) is 17.6 Å². The zero-order chi connectivity index (χ0) is 30.1. The summed E-state index contributed by atoms with van der Waals surface area (Å²) in [6, 6.07) is 23.4. The van der Waals surface area contributed by atoms with Gasteiger partial charge in [0.25, 0.3) is 0 Å². The lowest BCUT2D eigenvalue weighted by Gasteiger charge is -2.36. The van der Waals surface area contributed by atoms with Crippen LogP contribution in [0, 0.1) is 11.7 Å². The van der Waals surface area contributed by atoms with E-state index < -0.39 is 26.7 Å². The summed E-state index contributed by atoms with van der Waals surface area (Å²) in [5.74, 6) is -1.70. The van der Waals surface area contributed by atoms with Crippen LogP contribution >= 0.6 is 11.3 Å². The Hall–Kier alpha value is -3.73. The van der Waals surface area contributed by atoms with Crippen molar-refractivity contribution >= 4 is 38.7 Å². The van der Waals surface area contributed by atoms with Crippen LogP contribution in [-0.2, 0) is 16.6 Å². The van der Waals surface area contributed by atoms with E-state index in [1.165, 1.54) is 10.4 Å². The number of sulfonamides is 1. The van der Waals surface area contributed by atoms with Gasteiger partial charge >= 0.3 is 5.97 Å². The smallest absolute Gasteiger partial charge is 0.348 e. The van der Waals surface area contributed by atoms with Crippen molar-refractivity contribution in [3.63, 3.8) is 0 Å². The average Bonchev–Trinajstić information content (AvgIpc) is 3.39. The van der Waals surface area contributed by atoms with Crippen LogP contribution in [-0.4, -0.2) is 43.4 Å². The molecular weight excluding hydrogens is 588 g/mol. The molecule has 3 aromatic carbocycles. The standard InChI is InChI=1S/C33H33FN2O5S2/c1-35-28(23-13-7-3-8-14-23)20-36(24-15-9-4-10-16-24)27-19-29(41-21-22-11-5-2-6-12-22)25(17-31(27)43(35,39)40)30-18-26(34)32(42-30)33(37)38/h2,4-6,9-12,15-19,23,28H,3,7-8,13-14,20-21H2,1H3,(H,37,38)/t28-/m0/s1. The van der Waals surface area contributed by atoms with E-state index in [0.29, 0.717) is 23.5 Å². The molecule has 1 atom stereocenters. The van der Waals surface area contributed by atoms with E-state index in [1.54, 1.807) is 13.1 Å². The highest BCUT2D eigenvalue weighted by Crippen LogP contribution is 2.47. The van der Waals surface area contributed by atoms with Crippen molar-refractivity contribution in [3.8, 4) is 16.2 Å². The number of anilines is 2. The van der Waals surface area contributed by atoms with E-state index >= 15 is 0 Å². The summed E-state index contributed by atoms with van der Waals surface area (Å²) in [5.41, 5.74) is 2.55. The molecule has 1 saturated carbocycles. The van der Waals surface area contributed by atoms with Gasteiger partial charge in [0, 0.05) is 41.8 Å². The summed E-state index contributed by atoms with van der Waals surface area (Å²) in [7, 11) is -2.35. The van der Waals surface area contributed by atoms with Crippen LogP contribution in [0.25, 0.3) is 10.4 Å². The summed E-state index contributed by atoms with van der Waals surface area (Å²) in [4.78, 5) is 13.7. The molecule has 0 spiro atoms. The molecule has 0 saturated heterocycles. The third kappa shape index (κ3) is 5.79. The number of aromatic carboxylic acids is 1. The van der Waals surface area contributed by atoms with E-state index in [1.807, 2.05) is 65.6 Å². The summed E-state index contributed by atoms with van der Waals surface area (Å²) in [5, 5.41) is 9.54. The maximum absolute atomic E-state index is 14.7. The van der Waals surface area contributed by atoms with Crippen LogP contribution in [0.3, 0.4) is 0 Å². The fourth-order valence-electron chi connectivity index (χ4n) is 6.21. The molecule has 2 aliphatic rings. The van der Waals surface area contributed by atoms with Gasteiger partial charge in [0.05, 0.1) is 5.69 Å². The monoisotopic (exact) mass is 620 g/mol. The Labute approximate surface area is 255 Å². The minimum atomic E-state index is -4.00. The van der Waals surface area contributed by atoms with Crippen molar-refractivity contribution in [2.75, 3.05) is 18.5 Å². The predicted octanol–water partition coefficient (Wildman–Crippen LogP) is 7.55. The van der Waals surface area contributed by atoms with Gasteiger partial charge in [0.1, 0.15) is 27.9 Å². The first kappa shape index (κ1) is 29.3. The lowest BCUT2D eigenvalue weighted by atomic mass is 9.83. The summed E-state index contributed by atoms with van der Waals surface area (Å²) in [6.07, 6.45) is 5.23. The van der Waals surface area contributed by atoms with E-state index in [9.17, 15) is 22.7 Å².